The van der Waals surface area contributed by atoms with Gasteiger partial charge in [0.15, 0.2) is 6.10 Å². The summed E-state index contributed by atoms with van der Waals surface area (Å²) >= 11 is 0. The van der Waals surface area contributed by atoms with Crippen molar-refractivity contribution in [1.29, 1.82) is 0 Å². The minimum atomic E-state index is -1.14. The molecule has 0 heterocycles. The molecule has 1 aromatic rings. The first-order chi connectivity index (χ1) is 9.10. The minimum Gasteiger partial charge on any atom is -0.481 e. The summed E-state index contributed by atoms with van der Waals surface area (Å²) in [5, 5.41) is 11.8. The number of aromatic carboxylic acids is 1. The summed E-state index contributed by atoms with van der Waals surface area (Å²) in [4.78, 5) is 22.8. The van der Waals surface area contributed by atoms with Gasteiger partial charge in [0.25, 0.3) is 5.91 Å². The van der Waals surface area contributed by atoms with E-state index in [-0.39, 0.29) is 28.4 Å². The summed E-state index contributed by atoms with van der Waals surface area (Å²) in [5.41, 5.74) is 5.29. The number of benzene rings is 1. The van der Waals surface area contributed by atoms with Crippen LogP contribution in [0.25, 0.3) is 0 Å². The van der Waals surface area contributed by atoms with E-state index in [0.717, 1.165) is 0 Å². The Kier molecular flexibility index (Phi) is 4.60. The fraction of sp³-hybridized carbons (Fsp3) is 0.429. The van der Waals surface area contributed by atoms with Crippen molar-refractivity contribution in [3.05, 3.63) is 23.8 Å². The lowest BCUT2D eigenvalue weighted by Crippen LogP contribution is -2.46. The second kappa shape index (κ2) is 5.81. The first kappa shape index (κ1) is 15.8. The van der Waals surface area contributed by atoms with Crippen molar-refractivity contribution in [2.75, 3.05) is 5.73 Å². The summed E-state index contributed by atoms with van der Waals surface area (Å²) in [6, 6.07) is 4.27. The van der Waals surface area contributed by atoms with Crippen molar-refractivity contribution in [3.63, 3.8) is 0 Å². The molecule has 0 aromatic heterocycles. The molecular formula is C14H20N2O4. The number of nitrogens with one attached hydrogen (secondary N) is 1. The Hall–Kier alpha value is -2.24. The Morgan fingerprint density at radius 1 is 1.35 bits per heavy atom. The average molecular weight is 280 g/mol. The van der Waals surface area contributed by atoms with Crippen LogP contribution in [0.5, 0.6) is 5.75 Å². The lowest BCUT2D eigenvalue weighted by Gasteiger charge is -2.23. The Morgan fingerprint density at radius 2 is 1.95 bits per heavy atom. The highest BCUT2D eigenvalue weighted by Crippen LogP contribution is 2.21. The molecule has 0 radical (unpaired) electrons. The van der Waals surface area contributed by atoms with Crippen LogP contribution >= 0.6 is 0 Å². The standard InChI is InChI=1S/C14H20N2O4/c1-8(12(17)16-14(2,3)4)20-9-5-6-11(15)10(7-9)13(18)19/h5-8H,15H2,1-4H3,(H,16,17)(H,18,19). The lowest BCUT2D eigenvalue weighted by atomic mass is 10.1. The van der Waals surface area contributed by atoms with Crippen molar-refractivity contribution in [2.24, 2.45) is 0 Å². The molecule has 0 bridgehead atoms. The smallest absolute Gasteiger partial charge is 0.337 e. The van der Waals surface area contributed by atoms with Crippen LogP contribution in [-0.4, -0.2) is 28.6 Å². The molecule has 0 aliphatic heterocycles. The van der Waals surface area contributed by atoms with Crippen LogP contribution in [0.2, 0.25) is 0 Å². The Morgan fingerprint density at radius 3 is 2.45 bits per heavy atom. The number of amides is 1. The van der Waals surface area contributed by atoms with Gasteiger partial charge in [-0.3, -0.25) is 4.79 Å². The van der Waals surface area contributed by atoms with Gasteiger partial charge in [-0.25, -0.2) is 4.79 Å². The first-order valence-corrected chi connectivity index (χ1v) is 6.21. The van der Waals surface area contributed by atoms with E-state index in [1.54, 1.807) is 6.92 Å². The van der Waals surface area contributed by atoms with Gasteiger partial charge in [0.05, 0.1) is 5.56 Å². The molecular weight excluding hydrogens is 260 g/mol. The topological polar surface area (TPSA) is 102 Å². The van der Waals surface area contributed by atoms with Gasteiger partial charge in [0, 0.05) is 11.2 Å². The molecule has 1 atom stereocenters. The van der Waals surface area contributed by atoms with Gasteiger partial charge >= 0.3 is 5.97 Å². The fourth-order valence-electron chi connectivity index (χ4n) is 1.52. The van der Waals surface area contributed by atoms with Gasteiger partial charge in [-0.05, 0) is 45.9 Å². The quantitative estimate of drug-likeness (QED) is 0.728. The lowest BCUT2D eigenvalue weighted by molar-refractivity contribution is -0.128. The number of carbonyl (C=O) groups is 2. The Bertz CT molecular complexity index is 520. The number of nitrogen functional groups attached to an aromatic ring is 1. The van der Waals surface area contributed by atoms with Crippen LogP contribution in [0.1, 0.15) is 38.1 Å². The molecule has 0 saturated heterocycles. The SMILES string of the molecule is CC(Oc1ccc(N)c(C(=O)O)c1)C(=O)NC(C)(C)C. The van der Waals surface area contributed by atoms with Crippen molar-refractivity contribution >= 4 is 17.6 Å². The van der Waals surface area contributed by atoms with Gasteiger partial charge in [-0.1, -0.05) is 0 Å². The van der Waals surface area contributed by atoms with Crippen LogP contribution < -0.4 is 15.8 Å². The van der Waals surface area contributed by atoms with Gasteiger partial charge in [0.1, 0.15) is 5.75 Å². The molecule has 6 nitrogen and oxygen atoms in total. The second-order valence-electron chi connectivity index (χ2n) is 5.55. The first-order valence-electron chi connectivity index (χ1n) is 6.21. The van der Waals surface area contributed by atoms with Gasteiger partial charge in [-0.2, -0.15) is 0 Å². The molecule has 110 valence electrons. The summed E-state index contributed by atoms with van der Waals surface area (Å²) < 4.78 is 5.44. The largest absolute Gasteiger partial charge is 0.481 e. The number of rotatable bonds is 4. The van der Waals surface area contributed by atoms with Gasteiger partial charge in [-0.15, -0.1) is 0 Å². The van der Waals surface area contributed by atoms with E-state index in [1.807, 2.05) is 20.8 Å². The molecule has 6 heteroatoms. The number of hydrogen-bond donors (Lipinski definition) is 3. The molecule has 4 N–H and O–H groups in total. The van der Waals surface area contributed by atoms with E-state index in [1.165, 1.54) is 18.2 Å². The normalized spacial score (nSPS) is 12.6. The third kappa shape index (κ3) is 4.46. The fourth-order valence-corrected chi connectivity index (χ4v) is 1.52. The molecule has 0 aliphatic carbocycles. The summed E-state index contributed by atoms with van der Waals surface area (Å²) in [6.45, 7) is 7.19. The molecule has 1 unspecified atom stereocenters. The van der Waals surface area contributed by atoms with Gasteiger partial charge in [0.2, 0.25) is 0 Å². The van der Waals surface area contributed by atoms with E-state index >= 15 is 0 Å². The third-order valence-electron chi connectivity index (χ3n) is 2.44. The molecule has 20 heavy (non-hydrogen) atoms. The summed E-state index contributed by atoms with van der Waals surface area (Å²) in [5.74, 6) is -1.13. The van der Waals surface area contributed by atoms with Crippen LogP contribution in [0.3, 0.4) is 0 Å². The maximum Gasteiger partial charge on any atom is 0.337 e. The van der Waals surface area contributed by atoms with Crippen LogP contribution in [0.4, 0.5) is 5.69 Å². The number of nitrogens with two attached hydrogens (primary N) is 1. The zero-order valence-corrected chi connectivity index (χ0v) is 12.1. The molecule has 1 rings (SSSR count). The highest BCUT2D eigenvalue weighted by molar-refractivity contribution is 5.94. The maximum absolute atomic E-state index is 11.9. The highest BCUT2D eigenvalue weighted by atomic mass is 16.5. The number of carboxylic acids is 1. The molecule has 0 aliphatic rings. The Labute approximate surface area is 117 Å². The van der Waals surface area contributed by atoms with E-state index in [2.05, 4.69) is 5.32 Å². The van der Waals surface area contributed by atoms with Crippen molar-refractivity contribution < 1.29 is 19.4 Å². The van der Waals surface area contributed by atoms with Crippen molar-refractivity contribution in [2.45, 2.75) is 39.3 Å². The zero-order chi connectivity index (χ0) is 15.5. The van der Waals surface area contributed by atoms with E-state index in [0.29, 0.717) is 0 Å². The van der Waals surface area contributed by atoms with Crippen molar-refractivity contribution in [1.82, 2.24) is 5.32 Å². The predicted octanol–water partition coefficient (Wildman–Crippen LogP) is 1.65. The average Bonchev–Trinajstić information content (AvgIpc) is 2.28. The van der Waals surface area contributed by atoms with Crippen molar-refractivity contribution in [3.8, 4) is 5.75 Å². The van der Waals surface area contributed by atoms with Crippen LogP contribution in [0, 0.1) is 0 Å². The molecule has 0 saturated carbocycles. The predicted molar refractivity (Wildman–Crippen MR) is 75.8 cm³/mol. The highest BCUT2D eigenvalue weighted by Gasteiger charge is 2.21. The number of hydrogen-bond acceptors (Lipinski definition) is 4. The zero-order valence-electron chi connectivity index (χ0n) is 12.1. The third-order valence-corrected chi connectivity index (χ3v) is 2.44. The van der Waals surface area contributed by atoms with Crippen LogP contribution in [-0.2, 0) is 4.79 Å². The summed E-state index contributed by atoms with van der Waals surface area (Å²) in [7, 11) is 0. The number of carbonyl (C=O) groups excluding carboxylic acids is 1. The van der Waals surface area contributed by atoms with Crippen LogP contribution in [0.15, 0.2) is 18.2 Å². The number of ether oxygens (including phenoxy) is 1. The number of anilines is 1. The minimum absolute atomic E-state index is 0.0501. The second-order valence-corrected chi connectivity index (χ2v) is 5.55. The van der Waals surface area contributed by atoms with Gasteiger partial charge < -0.3 is 20.9 Å². The molecule has 1 aromatic carbocycles. The monoisotopic (exact) mass is 280 g/mol. The van der Waals surface area contributed by atoms with E-state index < -0.39 is 12.1 Å². The Balaban J connectivity index is 2.81. The maximum atomic E-state index is 11.9. The van der Waals surface area contributed by atoms with E-state index in [4.69, 9.17) is 15.6 Å². The van der Waals surface area contributed by atoms with E-state index in [9.17, 15) is 9.59 Å². The molecule has 0 spiro atoms. The summed E-state index contributed by atoms with van der Waals surface area (Å²) in [6.07, 6.45) is -0.737. The number of carboxylic acid groups (broad SMARTS) is 1. The molecule has 1 amide bonds. The molecule has 0 fully saturated rings.